The van der Waals surface area contributed by atoms with Crippen LogP contribution >= 0.6 is 0 Å². The molecule has 0 heterocycles. The summed E-state index contributed by atoms with van der Waals surface area (Å²) in [5.41, 5.74) is 16.1. The van der Waals surface area contributed by atoms with Crippen molar-refractivity contribution < 1.29 is 19.4 Å². The van der Waals surface area contributed by atoms with Gasteiger partial charge >= 0.3 is 5.97 Å². The van der Waals surface area contributed by atoms with Gasteiger partial charge in [0.2, 0.25) is 0 Å². The molecule has 7 N–H and O–H groups in total. The maximum atomic E-state index is 10.8. The van der Waals surface area contributed by atoms with Gasteiger partial charge in [0.15, 0.2) is 6.29 Å². The standard InChI is InChI=1S/C12H10O2.C6H13N.C3H8N2O2/c1-14-12-7-6-9(8-13)10-4-2-3-5-11(10)12;7-6-4-2-1-3-5-6;4-1-2(5)3(6)7/h2-8H,1H3;6H,1-5,7H2;2H,1,4-5H2,(H,6,7)/t;;2-/m..0/s1. The number of carboxylic acids is 1. The first kappa shape index (κ1) is 23.6. The largest absolute Gasteiger partial charge is 0.496 e. The maximum Gasteiger partial charge on any atom is 0.321 e. The lowest BCUT2D eigenvalue weighted by atomic mass is 9.97. The minimum Gasteiger partial charge on any atom is -0.496 e. The highest BCUT2D eigenvalue weighted by Gasteiger charge is 2.07. The predicted octanol–water partition coefficient (Wildman–Crippen LogP) is 2.30. The lowest BCUT2D eigenvalue weighted by Gasteiger charge is -2.15. The number of carbonyl (C=O) groups is 2. The summed E-state index contributed by atoms with van der Waals surface area (Å²) in [7, 11) is 1.63. The molecule has 1 atom stereocenters. The Kier molecular flexibility index (Phi) is 10.8. The van der Waals surface area contributed by atoms with Gasteiger partial charge in [-0.05, 0) is 30.4 Å². The number of ether oxygens (including phenoxy) is 1. The predicted molar refractivity (Wildman–Crippen MR) is 112 cm³/mol. The SMILES string of the molecule is COc1ccc(C=O)c2ccccc12.NC1CCCCC1.NC[C@H](N)C(=O)O. The quantitative estimate of drug-likeness (QED) is 0.588. The number of carbonyl (C=O) groups excluding carboxylic acids is 1. The molecule has 0 saturated heterocycles. The van der Waals surface area contributed by atoms with Crippen molar-refractivity contribution in [2.24, 2.45) is 17.2 Å². The molecule has 0 radical (unpaired) electrons. The van der Waals surface area contributed by atoms with Gasteiger partial charge in [0.25, 0.3) is 0 Å². The van der Waals surface area contributed by atoms with Crippen molar-refractivity contribution in [2.45, 2.75) is 44.2 Å². The van der Waals surface area contributed by atoms with Crippen LogP contribution in [-0.4, -0.2) is 43.1 Å². The van der Waals surface area contributed by atoms with Crippen molar-refractivity contribution >= 4 is 23.0 Å². The monoisotopic (exact) mass is 389 g/mol. The van der Waals surface area contributed by atoms with E-state index in [2.05, 4.69) is 0 Å². The summed E-state index contributed by atoms with van der Waals surface area (Å²) in [4.78, 5) is 20.5. The summed E-state index contributed by atoms with van der Waals surface area (Å²) >= 11 is 0. The lowest BCUT2D eigenvalue weighted by Crippen LogP contribution is -2.37. The summed E-state index contributed by atoms with van der Waals surface area (Å²) in [6, 6.07) is 10.9. The number of aldehydes is 1. The van der Waals surface area contributed by atoms with Gasteiger partial charge in [0.05, 0.1) is 7.11 Å². The van der Waals surface area contributed by atoms with Crippen LogP contribution in [0.2, 0.25) is 0 Å². The Morgan fingerprint density at radius 3 is 2.18 bits per heavy atom. The zero-order chi connectivity index (χ0) is 20.9. The van der Waals surface area contributed by atoms with Crippen LogP contribution in [0.5, 0.6) is 5.75 Å². The van der Waals surface area contributed by atoms with Crippen molar-refractivity contribution in [3.05, 3.63) is 42.0 Å². The molecular weight excluding hydrogens is 358 g/mol. The number of carboxylic acid groups (broad SMARTS) is 1. The summed E-state index contributed by atoms with van der Waals surface area (Å²) in [6.45, 7) is -0.00463. The number of aliphatic carboxylic acids is 1. The van der Waals surface area contributed by atoms with E-state index in [1.807, 2.05) is 30.3 Å². The molecule has 154 valence electrons. The third kappa shape index (κ3) is 7.64. The molecule has 3 rings (SSSR count). The van der Waals surface area contributed by atoms with Crippen LogP contribution in [0.25, 0.3) is 10.8 Å². The smallest absolute Gasteiger partial charge is 0.321 e. The Morgan fingerprint density at radius 1 is 1.18 bits per heavy atom. The average molecular weight is 389 g/mol. The topological polar surface area (TPSA) is 142 Å². The molecule has 7 nitrogen and oxygen atoms in total. The van der Waals surface area contributed by atoms with Crippen molar-refractivity contribution in [1.29, 1.82) is 0 Å². The van der Waals surface area contributed by atoms with E-state index in [-0.39, 0.29) is 6.54 Å². The number of rotatable bonds is 4. The molecule has 2 aromatic rings. The Bertz CT molecular complexity index is 746. The minimum absolute atomic E-state index is 0.00463. The van der Waals surface area contributed by atoms with Gasteiger partial charge in [-0.15, -0.1) is 0 Å². The first-order valence-electron chi connectivity index (χ1n) is 9.39. The first-order chi connectivity index (χ1) is 13.4. The Balaban J connectivity index is 0.000000237. The van der Waals surface area contributed by atoms with Gasteiger partial charge in [-0.1, -0.05) is 43.5 Å². The van der Waals surface area contributed by atoms with Gasteiger partial charge in [-0.3, -0.25) is 9.59 Å². The van der Waals surface area contributed by atoms with Gasteiger partial charge in [0.1, 0.15) is 11.8 Å². The van der Waals surface area contributed by atoms with E-state index >= 15 is 0 Å². The van der Waals surface area contributed by atoms with Crippen LogP contribution in [0, 0.1) is 0 Å². The fourth-order valence-electron chi connectivity index (χ4n) is 2.81. The van der Waals surface area contributed by atoms with E-state index in [9.17, 15) is 9.59 Å². The lowest BCUT2D eigenvalue weighted by molar-refractivity contribution is -0.138. The van der Waals surface area contributed by atoms with Gasteiger partial charge in [-0.25, -0.2) is 0 Å². The van der Waals surface area contributed by atoms with Crippen LogP contribution < -0.4 is 21.9 Å². The van der Waals surface area contributed by atoms with Crippen LogP contribution in [0.4, 0.5) is 0 Å². The van der Waals surface area contributed by atoms with Crippen LogP contribution in [0.3, 0.4) is 0 Å². The van der Waals surface area contributed by atoms with Gasteiger partial charge < -0.3 is 27.0 Å². The Labute approximate surface area is 165 Å². The molecule has 0 aromatic heterocycles. The highest BCUT2D eigenvalue weighted by atomic mass is 16.5. The summed E-state index contributed by atoms with van der Waals surface area (Å²) in [5.74, 6) is -0.256. The fourth-order valence-corrected chi connectivity index (χ4v) is 2.81. The molecule has 7 heteroatoms. The van der Waals surface area contributed by atoms with Gasteiger partial charge in [0, 0.05) is 23.5 Å². The third-order valence-corrected chi connectivity index (χ3v) is 4.49. The molecule has 0 aliphatic heterocycles. The normalized spacial score (nSPS) is 14.7. The first-order valence-corrected chi connectivity index (χ1v) is 9.39. The Morgan fingerprint density at radius 2 is 1.79 bits per heavy atom. The number of methoxy groups -OCH3 is 1. The highest BCUT2D eigenvalue weighted by molar-refractivity contribution is 6.00. The molecule has 0 spiro atoms. The van der Waals surface area contributed by atoms with Crippen LogP contribution in [0.1, 0.15) is 42.5 Å². The van der Waals surface area contributed by atoms with Crippen LogP contribution in [-0.2, 0) is 4.79 Å². The van der Waals surface area contributed by atoms with Crippen molar-refractivity contribution in [2.75, 3.05) is 13.7 Å². The molecule has 1 fully saturated rings. The van der Waals surface area contributed by atoms with E-state index in [1.54, 1.807) is 13.2 Å². The van der Waals surface area contributed by atoms with E-state index in [0.29, 0.717) is 11.6 Å². The zero-order valence-electron chi connectivity index (χ0n) is 16.3. The molecule has 2 aromatic carbocycles. The molecule has 1 saturated carbocycles. The average Bonchev–Trinajstić information content (AvgIpc) is 2.73. The van der Waals surface area contributed by atoms with E-state index in [4.69, 9.17) is 27.0 Å². The molecule has 1 aliphatic carbocycles. The molecule has 0 bridgehead atoms. The summed E-state index contributed by atoms with van der Waals surface area (Å²) < 4.78 is 5.21. The number of hydrogen-bond acceptors (Lipinski definition) is 6. The second-order valence-electron chi connectivity index (χ2n) is 6.60. The number of hydrogen-bond donors (Lipinski definition) is 4. The van der Waals surface area contributed by atoms with Crippen molar-refractivity contribution in [1.82, 2.24) is 0 Å². The van der Waals surface area contributed by atoms with Crippen LogP contribution in [0.15, 0.2) is 36.4 Å². The highest BCUT2D eigenvalue weighted by Crippen LogP contribution is 2.27. The molecular formula is C21H31N3O4. The van der Waals surface area contributed by atoms with Crippen molar-refractivity contribution in [3.8, 4) is 5.75 Å². The number of benzene rings is 2. The number of fused-ring (bicyclic) bond motifs is 1. The van der Waals surface area contributed by atoms with Crippen molar-refractivity contribution in [3.63, 3.8) is 0 Å². The zero-order valence-corrected chi connectivity index (χ0v) is 16.3. The van der Waals surface area contributed by atoms with E-state index < -0.39 is 12.0 Å². The second kappa shape index (κ2) is 12.8. The maximum absolute atomic E-state index is 10.8. The fraction of sp³-hybridized carbons (Fsp3) is 0.429. The molecule has 28 heavy (non-hydrogen) atoms. The summed E-state index contributed by atoms with van der Waals surface area (Å²) in [6.07, 6.45) is 7.53. The molecule has 0 unspecified atom stereocenters. The molecule has 0 amide bonds. The number of nitrogens with two attached hydrogens (primary N) is 3. The third-order valence-electron chi connectivity index (χ3n) is 4.49. The Hall–Kier alpha value is -2.48. The second-order valence-corrected chi connectivity index (χ2v) is 6.60. The molecule has 1 aliphatic rings. The summed E-state index contributed by atoms with van der Waals surface area (Å²) in [5, 5.41) is 9.88. The minimum atomic E-state index is -1.05. The van der Waals surface area contributed by atoms with E-state index in [0.717, 1.165) is 22.8 Å². The van der Waals surface area contributed by atoms with Gasteiger partial charge in [-0.2, -0.15) is 0 Å². The van der Waals surface area contributed by atoms with E-state index in [1.165, 1.54) is 32.1 Å².